The van der Waals surface area contributed by atoms with E-state index in [4.69, 9.17) is 5.84 Å². The fraction of sp³-hybridized carbons (Fsp3) is 0.0769. The predicted molar refractivity (Wildman–Crippen MR) is 69.9 cm³/mol. The molecule has 2 N–H and O–H groups in total. The second-order valence-corrected chi connectivity index (χ2v) is 4.65. The van der Waals surface area contributed by atoms with Crippen LogP contribution in [0.3, 0.4) is 0 Å². The molecule has 17 heavy (non-hydrogen) atoms. The van der Waals surface area contributed by atoms with Crippen LogP contribution in [0.5, 0.6) is 0 Å². The molecule has 2 rings (SSSR count). The van der Waals surface area contributed by atoms with Gasteiger partial charge in [-0.25, -0.2) is 0 Å². The number of nitroso groups, excluding NO2 is 1. The zero-order valence-electron chi connectivity index (χ0n) is 9.24. The van der Waals surface area contributed by atoms with E-state index in [0.717, 1.165) is 11.3 Å². The van der Waals surface area contributed by atoms with Crippen molar-refractivity contribution in [3.8, 4) is 0 Å². The Morgan fingerprint density at radius 2 is 1.82 bits per heavy atom. The molecule has 0 unspecified atom stereocenters. The van der Waals surface area contributed by atoms with Crippen molar-refractivity contribution >= 4 is 17.4 Å². The van der Waals surface area contributed by atoms with Crippen LogP contribution in [0.1, 0.15) is 5.56 Å². The van der Waals surface area contributed by atoms with E-state index in [1.807, 2.05) is 36.4 Å². The summed E-state index contributed by atoms with van der Waals surface area (Å²) in [7, 11) is 0. The van der Waals surface area contributed by atoms with Gasteiger partial charge >= 0.3 is 0 Å². The fourth-order valence-electron chi connectivity index (χ4n) is 1.47. The van der Waals surface area contributed by atoms with Crippen LogP contribution in [0.2, 0.25) is 0 Å². The minimum Gasteiger partial charge on any atom is -0.159 e. The SMILES string of the molecule is N[N+](=O)c1cccc(CSc2ccccc2)c1. The third-order valence-corrected chi connectivity index (χ3v) is 3.40. The highest BCUT2D eigenvalue weighted by molar-refractivity contribution is 7.98. The molecule has 0 bridgehead atoms. The molecule has 0 heterocycles. The van der Waals surface area contributed by atoms with E-state index in [1.54, 1.807) is 17.8 Å². The quantitative estimate of drug-likeness (QED) is 0.389. The van der Waals surface area contributed by atoms with Gasteiger partial charge in [-0.15, -0.1) is 11.8 Å². The zero-order chi connectivity index (χ0) is 12.1. The average Bonchev–Trinajstić information content (AvgIpc) is 2.38. The molecule has 0 aliphatic rings. The maximum atomic E-state index is 11.0. The molecule has 0 spiro atoms. The van der Waals surface area contributed by atoms with Crippen LogP contribution in [-0.2, 0) is 5.75 Å². The highest BCUT2D eigenvalue weighted by atomic mass is 32.2. The molecule has 0 saturated heterocycles. The fourth-order valence-corrected chi connectivity index (χ4v) is 2.33. The maximum absolute atomic E-state index is 11.0. The van der Waals surface area contributed by atoms with E-state index >= 15 is 0 Å². The Morgan fingerprint density at radius 3 is 2.53 bits per heavy atom. The second-order valence-electron chi connectivity index (χ2n) is 3.60. The van der Waals surface area contributed by atoms with Crippen LogP contribution < -0.4 is 5.84 Å². The Kier molecular flexibility index (Phi) is 3.77. The zero-order valence-corrected chi connectivity index (χ0v) is 10.1. The first kappa shape index (κ1) is 11.7. The Labute approximate surface area is 104 Å². The highest BCUT2D eigenvalue weighted by Crippen LogP contribution is 2.23. The third-order valence-electron chi connectivity index (χ3n) is 2.31. The van der Waals surface area contributed by atoms with Crippen molar-refractivity contribution in [2.75, 3.05) is 0 Å². The largest absolute Gasteiger partial charge is 0.291 e. The molecule has 86 valence electrons. The monoisotopic (exact) mass is 245 g/mol. The molecule has 2 aromatic rings. The van der Waals surface area contributed by atoms with Crippen LogP contribution in [0, 0.1) is 4.91 Å². The average molecular weight is 245 g/mol. The summed E-state index contributed by atoms with van der Waals surface area (Å²) in [5.74, 6) is 5.99. The maximum Gasteiger partial charge on any atom is 0.291 e. The first-order valence-electron chi connectivity index (χ1n) is 5.24. The van der Waals surface area contributed by atoms with Gasteiger partial charge in [-0.05, 0) is 17.7 Å². The van der Waals surface area contributed by atoms with Gasteiger partial charge in [0, 0.05) is 22.8 Å². The first-order valence-corrected chi connectivity index (χ1v) is 6.23. The Bertz CT molecular complexity index is 514. The van der Waals surface area contributed by atoms with Gasteiger partial charge < -0.3 is 0 Å². The lowest BCUT2D eigenvalue weighted by Gasteiger charge is -2.01. The van der Waals surface area contributed by atoms with Gasteiger partial charge in [0.05, 0.1) is 4.91 Å². The van der Waals surface area contributed by atoms with Crippen LogP contribution in [0.15, 0.2) is 59.5 Å². The number of thioether (sulfide) groups is 1. The lowest BCUT2D eigenvalue weighted by Crippen LogP contribution is -2.08. The van der Waals surface area contributed by atoms with Crippen molar-refractivity contribution in [3.63, 3.8) is 0 Å². The lowest BCUT2D eigenvalue weighted by atomic mass is 10.2. The summed E-state index contributed by atoms with van der Waals surface area (Å²) in [6, 6.07) is 17.5. The van der Waals surface area contributed by atoms with Crippen LogP contribution in [0.4, 0.5) is 5.69 Å². The molecule has 3 nitrogen and oxygen atoms in total. The number of hydrogen-bond acceptors (Lipinski definition) is 2. The Balaban J connectivity index is 2.04. The summed E-state index contributed by atoms with van der Waals surface area (Å²) in [5, 5.41) is 0. The van der Waals surface area contributed by atoms with E-state index in [9.17, 15) is 4.91 Å². The lowest BCUT2D eigenvalue weighted by molar-refractivity contribution is -0.474. The molecular weight excluding hydrogens is 232 g/mol. The molecule has 0 aliphatic heterocycles. The van der Waals surface area contributed by atoms with Crippen molar-refractivity contribution in [1.29, 1.82) is 0 Å². The standard InChI is InChI=1S/C13H13N2OS/c14-15(16)12-6-4-5-11(9-12)10-17-13-7-2-1-3-8-13/h1-9H,10H2,(H2,14,16)/q+1. The molecule has 0 atom stereocenters. The van der Waals surface area contributed by atoms with Gasteiger partial charge in [-0.3, -0.25) is 0 Å². The van der Waals surface area contributed by atoms with Gasteiger partial charge in [0.2, 0.25) is 0 Å². The Morgan fingerprint density at radius 1 is 1.06 bits per heavy atom. The van der Waals surface area contributed by atoms with Crippen molar-refractivity contribution in [1.82, 2.24) is 0 Å². The summed E-state index contributed by atoms with van der Waals surface area (Å²) in [5.41, 5.74) is 1.57. The summed E-state index contributed by atoms with van der Waals surface area (Å²) in [6.07, 6.45) is 0. The van der Waals surface area contributed by atoms with Crippen molar-refractivity contribution < 1.29 is 4.87 Å². The molecule has 2 aromatic carbocycles. The normalized spacial score (nSPS) is 10.1. The summed E-state index contributed by atoms with van der Waals surface area (Å²) >= 11 is 1.73. The molecule has 0 saturated carbocycles. The second kappa shape index (κ2) is 5.50. The highest BCUT2D eigenvalue weighted by Gasteiger charge is 2.08. The van der Waals surface area contributed by atoms with E-state index in [-0.39, 0.29) is 0 Å². The number of benzene rings is 2. The third kappa shape index (κ3) is 3.32. The summed E-state index contributed by atoms with van der Waals surface area (Å²) in [4.78, 5) is 12.6. The number of rotatable bonds is 4. The van der Waals surface area contributed by atoms with E-state index in [0.29, 0.717) is 10.6 Å². The topological polar surface area (TPSA) is 46.1 Å². The van der Waals surface area contributed by atoms with Crippen molar-refractivity contribution in [3.05, 3.63) is 65.1 Å². The molecule has 0 aliphatic carbocycles. The minimum absolute atomic E-state index is 0.386. The number of nitrogens with two attached hydrogens (primary N) is 1. The van der Waals surface area contributed by atoms with Crippen LogP contribution in [-0.4, -0.2) is 4.87 Å². The summed E-state index contributed by atoms with van der Waals surface area (Å²) < 4.78 is 0. The molecule has 0 amide bonds. The van der Waals surface area contributed by atoms with Crippen LogP contribution in [0.25, 0.3) is 0 Å². The molecule has 0 aromatic heterocycles. The van der Waals surface area contributed by atoms with Crippen molar-refractivity contribution in [2.45, 2.75) is 10.6 Å². The number of nitrogens with zero attached hydrogens (tertiary/aromatic N) is 1. The van der Waals surface area contributed by atoms with Crippen molar-refractivity contribution in [2.24, 2.45) is 5.84 Å². The Hall–Kier alpha value is -1.81. The summed E-state index contributed by atoms with van der Waals surface area (Å²) in [6.45, 7) is 0. The van der Waals surface area contributed by atoms with E-state index < -0.39 is 0 Å². The van der Waals surface area contributed by atoms with Gasteiger partial charge in [0.25, 0.3) is 5.69 Å². The van der Waals surface area contributed by atoms with Gasteiger partial charge in [0.1, 0.15) is 0 Å². The van der Waals surface area contributed by atoms with E-state index in [1.165, 1.54) is 4.90 Å². The number of hydrazine groups is 1. The molecule has 0 radical (unpaired) electrons. The van der Waals surface area contributed by atoms with Gasteiger partial charge in [-0.1, -0.05) is 30.3 Å². The van der Waals surface area contributed by atoms with E-state index in [2.05, 4.69) is 12.1 Å². The van der Waals surface area contributed by atoms with Gasteiger partial charge in [0.15, 0.2) is 4.87 Å². The number of hydrogen-bond donors (Lipinski definition) is 1. The van der Waals surface area contributed by atoms with Gasteiger partial charge in [-0.2, -0.15) is 5.84 Å². The smallest absolute Gasteiger partial charge is 0.159 e. The molecule has 0 fully saturated rings. The molecular formula is C13H13N2OS+. The minimum atomic E-state index is 0.386. The van der Waals surface area contributed by atoms with Crippen LogP contribution >= 0.6 is 11.8 Å². The predicted octanol–water partition coefficient (Wildman–Crippen LogP) is 3.26. The molecule has 4 heteroatoms. The first-order chi connectivity index (χ1) is 8.25.